The maximum absolute atomic E-state index is 5.15. The van der Waals surface area contributed by atoms with Crippen LogP contribution in [0.15, 0.2) is 0 Å². The predicted molar refractivity (Wildman–Crippen MR) is 53.2 cm³/mol. The molecule has 0 aromatic rings. The van der Waals surface area contributed by atoms with Crippen molar-refractivity contribution in [3.05, 3.63) is 0 Å². The molecule has 0 bridgehead atoms. The fourth-order valence-corrected chi connectivity index (χ4v) is 1.09. The first-order chi connectivity index (χ1) is 5.41. The quantitative estimate of drug-likeness (QED) is 0.413. The topological polar surface area (TPSA) is 12.0 Å². The SMILES string of the molecule is [B]=CNCCCCCCCC. The molecule has 0 atom stereocenters. The van der Waals surface area contributed by atoms with Gasteiger partial charge in [-0.3, -0.25) is 0 Å². The van der Waals surface area contributed by atoms with Crippen LogP contribution >= 0.6 is 0 Å². The molecular weight excluding hydrogens is 133 g/mol. The van der Waals surface area contributed by atoms with E-state index in [1.54, 1.807) is 0 Å². The molecule has 0 heterocycles. The van der Waals surface area contributed by atoms with Crippen molar-refractivity contribution in [3.8, 4) is 0 Å². The van der Waals surface area contributed by atoms with E-state index in [9.17, 15) is 0 Å². The van der Waals surface area contributed by atoms with Crippen LogP contribution in [0.3, 0.4) is 0 Å². The molecule has 0 aliphatic heterocycles. The Morgan fingerprint density at radius 3 is 2.36 bits per heavy atom. The summed E-state index contributed by atoms with van der Waals surface area (Å²) in [5, 5.41) is 2.99. The number of rotatable bonds is 8. The first-order valence-corrected chi connectivity index (χ1v) is 4.68. The summed E-state index contributed by atoms with van der Waals surface area (Å²) in [7, 11) is 5.15. The normalized spacial score (nSPS) is 9.45. The van der Waals surface area contributed by atoms with Crippen molar-refractivity contribution in [3.63, 3.8) is 0 Å². The third-order valence-electron chi connectivity index (χ3n) is 1.79. The average molecular weight is 152 g/mol. The number of unbranched alkanes of at least 4 members (excludes halogenated alkanes) is 5. The molecule has 0 rings (SSSR count). The summed E-state index contributed by atoms with van der Waals surface area (Å²) in [5.41, 5.74) is 0. The Kier molecular flexibility index (Phi) is 9.50. The van der Waals surface area contributed by atoms with E-state index < -0.39 is 0 Å². The van der Waals surface area contributed by atoms with Crippen molar-refractivity contribution >= 4 is 13.6 Å². The van der Waals surface area contributed by atoms with Crippen LogP contribution in [-0.4, -0.2) is 20.1 Å². The molecule has 0 aliphatic rings. The van der Waals surface area contributed by atoms with Crippen molar-refractivity contribution in [1.82, 2.24) is 5.32 Å². The molecule has 11 heavy (non-hydrogen) atoms. The summed E-state index contributed by atoms with van der Waals surface area (Å²) in [4.78, 5) is 0. The zero-order valence-corrected chi connectivity index (χ0v) is 7.60. The van der Waals surface area contributed by atoms with E-state index in [1.807, 2.05) is 0 Å². The number of nitrogens with one attached hydrogen (secondary N) is 1. The maximum atomic E-state index is 5.15. The van der Waals surface area contributed by atoms with Gasteiger partial charge in [0.05, 0.1) is 0 Å². The summed E-state index contributed by atoms with van der Waals surface area (Å²) < 4.78 is 0. The Morgan fingerprint density at radius 1 is 1.09 bits per heavy atom. The van der Waals surface area contributed by atoms with Crippen LogP contribution in [0.5, 0.6) is 0 Å². The van der Waals surface area contributed by atoms with Gasteiger partial charge in [-0.05, 0) is 0 Å². The van der Waals surface area contributed by atoms with E-state index >= 15 is 0 Å². The Labute approximate surface area is 71.6 Å². The van der Waals surface area contributed by atoms with E-state index in [2.05, 4.69) is 12.2 Å². The first kappa shape index (κ1) is 10.7. The third kappa shape index (κ3) is 9.73. The molecule has 1 nitrogen and oxygen atoms in total. The van der Waals surface area contributed by atoms with Crippen LogP contribution < -0.4 is 5.32 Å². The van der Waals surface area contributed by atoms with Gasteiger partial charge in [0.2, 0.25) is 0 Å². The Morgan fingerprint density at radius 2 is 1.73 bits per heavy atom. The number of hydrogen-bond acceptors (Lipinski definition) is 1. The minimum absolute atomic E-state index is 1.03. The zero-order valence-electron chi connectivity index (χ0n) is 7.60. The molecule has 0 unspecified atom stereocenters. The molecule has 0 aliphatic carbocycles. The van der Waals surface area contributed by atoms with E-state index in [4.69, 9.17) is 7.49 Å². The second-order valence-corrected chi connectivity index (χ2v) is 2.89. The Balaban J connectivity index is 2.74. The van der Waals surface area contributed by atoms with E-state index in [-0.39, 0.29) is 0 Å². The summed E-state index contributed by atoms with van der Waals surface area (Å²) in [6, 6.07) is 0. The van der Waals surface area contributed by atoms with Crippen molar-refractivity contribution in [2.24, 2.45) is 0 Å². The molecular formula is C9H19BN. The van der Waals surface area contributed by atoms with E-state index in [1.165, 1.54) is 44.6 Å². The summed E-state index contributed by atoms with van der Waals surface area (Å²) in [6.07, 6.45) is 9.58. The standard InChI is InChI=1S/C9H19BN/c1-2-3-4-5-6-7-8-11-9-10/h9,11H,2-8H2,1H3. The molecule has 0 saturated carbocycles. The molecule has 1 N–H and O–H groups in total. The Hall–Kier alpha value is -0.265. The minimum atomic E-state index is 1.03. The van der Waals surface area contributed by atoms with Gasteiger partial charge in [0.25, 0.3) is 0 Å². The zero-order chi connectivity index (χ0) is 8.36. The summed E-state index contributed by atoms with van der Waals surface area (Å²) >= 11 is 0. The van der Waals surface area contributed by atoms with Crippen molar-refractivity contribution in [2.75, 3.05) is 6.54 Å². The van der Waals surface area contributed by atoms with Gasteiger partial charge in [-0.15, -0.1) is 0 Å². The van der Waals surface area contributed by atoms with E-state index in [0.717, 1.165) is 6.54 Å². The van der Waals surface area contributed by atoms with Gasteiger partial charge >= 0.3 is 70.9 Å². The van der Waals surface area contributed by atoms with Crippen LogP contribution in [0.25, 0.3) is 0 Å². The van der Waals surface area contributed by atoms with Gasteiger partial charge in [-0.1, -0.05) is 0 Å². The van der Waals surface area contributed by atoms with Gasteiger partial charge in [-0.2, -0.15) is 0 Å². The second-order valence-electron chi connectivity index (χ2n) is 2.89. The van der Waals surface area contributed by atoms with Crippen LogP contribution in [-0.2, 0) is 0 Å². The van der Waals surface area contributed by atoms with Crippen LogP contribution in [0.1, 0.15) is 45.4 Å². The molecule has 1 radical (unpaired) electrons. The second kappa shape index (κ2) is 9.73. The molecule has 0 amide bonds. The van der Waals surface area contributed by atoms with Crippen molar-refractivity contribution < 1.29 is 0 Å². The molecule has 63 valence electrons. The van der Waals surface area contributed by atoms with Gasteiger partial charge in [0.15, 0.2) is 0 Å². The van der Waals surface area contributed by atoms with Crippen LogP contribution in [0.4, 0.5) is 0 Å². The average Bonchev–Trinajstić information content (AvgIpc) is 2.03. The van der Waals surface area contributed by atoms with Gasteiger partial charge in [0.1, 0.15) is 0 Å². The van der Waals surface area contributed by atoms with Crippen LogP contribution in [0, 0.1) is 0 Å². The van der Waals surface area contributed by atoms with Gasteiger partial charge in [0, 0.05) is 0 Å². The Bertz CT molecular complexity index is 83.6. The molecule has 0 saturated heterocycles. The van der Waals surface area contributed by atoms with Gasteiger partial charge in [-0.25, -0.2) is 0 Å². The van der Waals surface area contributed by atoms with Crippen molar-refractivity contribution in [1.29, 1.82) is 0 Å². The van der Waals surface area contributed by atoms with E-state index in [0.29, 0.717) is 0 Å². The molecule has 0 aromatic heterocycles. The first-order valence-electron chi connectivity index (χ1n) is 4.68. The fraction of sp³-hybridized carbons (Fsp3) is 0.889. The number of hydrogen-bond donors (Lipinski definition) is 1. The molecule has 0 aromatic carbocycles. The fourth-order valence-electron chi connectivity index (χ4n) is 1.09. The molecule has 2 heteroatoms. The molecule has 0 spiro atoms. The predicted octanol–water partition coefficient (Wildman–Crippen LogP) is 1.86. The van der Waals surface area contributed by atoms with Gasteiger partial charge < -0.3 is 0 Å². The van der Waals surface area contributed by atoms with Crippen LogP contribution in [0.2, 0.25) is 0 Å². The monoisotopic (exact) mass is 152 g/mol. The third-order valence-corrected chi connectivity index (χ3v) is 1.79. The molecule has 0 fully saturated rings. The summed E-state index contributed by atoms with van der Waals surface area (Å²) in [5.74, 6) is 0. The van der Waals surface area contributed by atoms with Crippen molar-refractivity contribution in [2.45, 2.75) is 45.4 Å². The summed E-state index contributed by atoms with van der Waals surface area (Å²) in [6.45, 7) is 3.27.